The molecule has 2 heterocycles. The quantitative estimate of drug-likeness (QED) is 0.789. The minimum atomic E-state index is 0.507. The Morgan fingerprint density at radius 3 is 2.48 bits per heavy atom. The van der Waals surface area contributed by atoms with Gasteiger partial charge in [-0.25, -0.2) is 14.6 Å². The second-order valence-corrected chi connectivity index (χ2v) is 5.28. The number of anilines is 1. The standard InChI is InChI=1S/C15H14ClN5/c1-9-6-10(2)19-15(18-9)21-8-13(17)14(20-21)11-4-3-5-12(16)7-11/h3-8H,17H2,1-2H3. The molecule has 0 amide bonds. The summed E-state index contributed by atoms with van der Waals surface area (Å²) in [6, 6.07) is 9.33. The number of hydrogen-bond donors (Lipinski definition) is 1. The van der Waals surface area contributed by atoms with Crippen molar-refractivity contribution in [2.45, 2.75) is 13.8 Å². The molecular weight excluding hydrogens is 286 g/mol. The second-order valence-electron chi connectivity index (χ2n) is 4.84. The molecule has 0 radical (unpaired) electrons. The van der Waals surface area contributed by atoms with Crippen LogP contribution in [0.1, 0.15) is 11.4 Å². The number of nitrogens with zero attached hydrogens (tertiary/aromatic N) is 4. The molecule has 0 unspecified atom stereocenters. The molecule has 2 aromatic heterocycles. The number of benzene rings is 1. The third-order valence-corrected chi connectivity index (χ3v) is 3.25. The molecule has 21 heavy (non-hydrogen) atoms. The van der Waals surface area contributed by atoms with Crippen molar-refractivity contribution in [3.05, 3.63) is 52.9 Å². The van der Waals surface area contributed by atoms with Gasteiger partial charge >= 0.3 is 0 Å². The third kappa shape index (κ3) is 2.73. The summed E-state index contributed by atoms with van der Waals surface area (Å²) in [5.41, 5.74) is 9.91. The van der Waals surface area contributed by atoms with E-state index in [1.807, 2.05) is 44.2 Å². The number of halogens is 1. The van der Waals surface area contributed by atoms with Crippen molar-refractivity contribution >= 4 is 17.3 Å². The Morgan fingerprint density at radius 2 is 1.81 bits per heavy atom. The molecule has 0 aliphatic heterocycles. The van der Waals surface area contributed by atoms with Crippen LogP contribution in [0.25, 0.3) is 17.2 Å². The molecule has 6 heteroatoms. The van der Waals surface area contributed by atoms with Gasteiger partial charge in [0.05, 0.1) is 11.9 Å². The molecule has 0 saturated carbocycles. The average molecular weight is 300 g/mol. The lowest BCUT2D eigenvalue weighted by atomic mass is 10.1. The van der Waals surface area contributed by atoms with E-state index in [2.05, 4.69) is 15.1 Å². The van der Waals surface area contributed by atoms with Crippen LogP contribution in [-0.4, -0.2) is 19.7 Å². The number of aryl methyl sites for hydroxylation is 2. The zero-order valence-electron chi connectivity index (χ0n) is 11.7. The van der Waals surface area contributed by atoms with Gasteiger partial charge < -0.3 is 5.73 Å². The van der Waals surface area contributed by atoms with E-state index >= 15 is 0 Å². The molecule has 0 bridgehead atoms. The number of nitrogen functional groups attached to an aromatic ring is 1. The van der Waals surface area contributed by atoms with Gasteiger partial charge in [0.1, 0.15) is 5.69 Å². The summed E-state index contributed by atoms with van der Waals surface area (Å²) in [5, 5.41) is 5.12. The Hall–Kier alpha value is -2.40. The highest BCUT2D eigenvalue weighted by atomic mass is 35.5. The van der Waals surface area contributed by atoms with Gasteiger partial charge in [-0.05, 0) is 32.0 Å². The van der Waals surface area contributed by atoms with Crippen LogP contribution in [0.5, 0.6) is 0 Å². The first kappa shape index (κ1) is 13.6. The van der Waals surface area contributed by atoms with Crippen molar-refractivity contribution in [3.63, 3.8) is 0 Å². The van der Waals surface area contributed by atoms with Crippen LogP contribution >= 0.6 is 11.6 Å². The number of rotatable bonds is 2. The molecule has 3 aromatic rings. The van der Waals surface area contributed by atoms with Gasteiger partial charge in [-0.15, -0.1) is 0 Å². The van der Waals surface area contributed by atoms with Crippen LogP contribution in [-0.2, 0) is 0 Å². The van der Waals surface area contributed by atoms with Crippen LogP contribution < -0.4 is 5.73 Å². The molecule has 5 nitrogen and oxygen atoms in total. The summed E-state index contributed by atoms with van der Waals surface area (Å²) < 4.78 is 1.59. The highest BCUT2D eigenvalue weighted by Gasteiger charge is 2.12. The maximum Gasteiger partial charge on any atom is 0.251 e. The maximum absolute atomic E-state index is 6.05. The highest BCUT2D eigenvalue weighted by Crippen LogP contribution is 2.26. The van der Waals surface area contributed by atoms with Gasteiger partial charge in [-0.1, -0.05) is 23.7 Å². The first-order chi connectivity index (χ1) is 10.0. The molecule has 1 aromatic carbocycles. The first-order valence-corrected chi connectivity index (χ1v) is 6.84. The van der Waals surface area contributed by atoms with Crippen LogP contribution in [0.4, 0.5) is 5.69 Å². The SMILES string of the molecule is Cc1cc(C)nc(-n2cc(N)c(-c3cccc(Cl)c3)n2)n1. The molecular formula is C15H14ClN5. The lowest BCUT2D eigenvalue weighted by Crippen LogP contribution is -2.04. The average Bonchev–Trinajstić information content (AvgIpc) is 2.80. The van der Waals surface area contributed by atoms with Gasteiger partial charge in [0.25, 0.3) is 5.95 Å². The van der Waals surface area contributed by atoms with E-state index < -0.39 is 0 Å². The van der Waals surface area contributed by atoms with Crippen molar-refractivity contribution < 1.29 is 0 Å². The van der Waals surface area contributed by atoms with Crippen molar-refractivity contribution in [2.75, 3.05) is 5.73 Å². The van der Waals surface area contributed by atoms with Crippen LogP contribution in [0, 0.1) is 13.8 Å². The minimum Gasteiger partial charge on any atom is -0.396 e. The Balaban J connectivity index is 2.09. The molecule has 3 rings (SSSR count). The molecule has 0 aliphatic carbocycles. The maximum atomic E-state index is 6.05. The fourth-order valence-electron chi connectivity index (χ4n) is 2.16. The molecule has 2 N–H and O–H groups in total. The van der Waals surface area contributed by atoms with E-state index in [4.69, 9.17) is 17.3 Å². The van der Waals surface area contributed by atoms with Crippen LogP contribution in [0.3, 0.4) is 0 Å². The molecule has 106 valence electrons. The van der Waals surface area contributed by atoms with Gasteiger partial charge in [0, 0.05) is 22.0 Å². The van der Waals surface area contributed by atoms with Gasteiger partial charge in [-0.3, -0.25) is 0 Å². The van der Waals surface area contributed by atoms with Crippen LogP contribution in [0.2, 0.25) is 5.02 Å². The van der Waals surface area contributed by atoms with Crippen molar-refractivity contribution in [1.82, 2.24) is 19.7 Å². The predicted molar refractivity (Wildman–Crippen MR) is 83.5 cm³/mol. The minimum absolute atomic E-state index is 0.507. The monoisotopic (exact) mass is 299 g/mol. The summed E-state index contributed by atoms with van der Waals surface area (Å²) in [6.45, 7) is 3.84. The number of nitrogens with two attached hydrogens (primary N) is 1. The van der Waals surface area contributed by atoms with Gasteiger partial charge in [0.2, 0.25) is 0 Å². The zero-order valence-corrected chi connectivity index (χ0v) is 12.5. The Morgan fingerprint density at radius 1 is 1.10 bits per heavy atom. The number of hydrogen-bond acceptors (Lipinski definition) is 4. The normalized spacial score (nSPS) is 10.8. The van der Waals surface area contributed by atoms with Gasteiger partial charge in [0.15, 0.2) is 0 Å². The number of aromatic nitrogens is 4. The van der Waals surface area contributed by atoms with Crippen LogP contribution in [0.15, 0.2) is 36.5 Å². The highest BCUT2D eigenvalue weighted by molar-refractivity contribution is 6.30. The van der Waals surface area contributed by atoms with E-state index in [1.54, 1.807) is 10.9 Å². The smallest absolute Gasteiger partial charge is 0.251 e. The second kappa shape index (κ2) is 5.18. The summed E-state index contributed by atoms with van der Waals surface area (Å²) in [5.74, 6) is 0.507. The predicted octanol–water partition coefficient (Wildman–Crippen LogP) is 3.18. The fourth-order valence-corrected chi connectivity index (χ4v) is 2.35. The Labute approximate surface area is 127 Å². The van der Waals surface area contributed by atoms with E-state index in [0.717, 1.165) is 17.0 Å². The first-order valence-electron chi connectivity index (χ1n) is 6.46. The summed E-state index contributed by atoms with van der Waals surface area (Å²) in [6.07, 6.45) is 1.71. The molecule has 0 saturated heterocycles. The largest absolute Gasteiger partial charge is 0.396 e. The lowest BCUT2D eigenvalue weighted by Gasteiger charge is -2.02. The summed E-state index contributed by atoms with van der Waals surface area (Å²) in [7, 11) is 0. The van der Waals surface area contributed by atoms with E-state index in [1.165, 1.54) is 0 Å². The fraction of sp³-hybridized carbons (Fsp3) is 0.133. The molecule has 0 atom stereocenters. The van der Waals surface area contributed by atoms with Crippen molar-refractivity contribution in [3.8, 4) is 17.2 Å². The topological polar surface area (TPSA) is 69.6 Å². The zero-order chi connectivity index (χ0) is 15.0. The lowest BCUT2D eigenvalue weighted by molar-refractivity contribution is 0.796. The summed E-state index contributed by atoms with van der Waals surface area (Å²) in [4.78, 5) is 8.76. The molecule has 0 spiro atoms. The van der Waals surface area contributed by atoms with E-state index in [9.17, 15) is 0 Å². The Bertz CT molecular complexity index is 789. The van der Waals surface area contributed by atoms with Crippen molar-refractivity contribution in [2.24, 2.45) is 0 Å². The molecule has 0 fully saturated rings. The van der Waals surface area contributed by atoms with Gasteiger partial charge in [-0.2, -0.15) is 5.10 Å². The third-order valence-electron chi connectivity index (χ3n) is 3.02. The Kier molecular flexibility index (Phi) is 3.35. The van der Waals surface area contributed by atoms with Crippen molar-refractivity contribution in [1.29, 1.82) is 0 Å². The molecule has 0 aliphatic rings. The summed E-state index contributed by atoms with van der Waals surface area (Å²) >= 11 is 6.01. The van der Waals surface area contributed by atoms with E-state index in [-0.39, 0.29) is 0 Å². The van der Waals surface area contributed by atoms with E-state index in [0.29, 0.717) is 22.4 Å².